The number of aromatic nitrogens is 1. The van der Waals surface area contributed by atoms with Crippen LogP contribution in [0, 0.1) is 6.07 Å². The van der Waals surface area contributed by atoms with Crippen molar-refractivity contribution in [3.63, 3.8) is 0 Å². The van der Waals surface area contributed by atoms with E-state index in [0.29, 0.717) is 17.1 Å². The molecule has 0 saturated heterocycles. The average molecular weight is 463 g/mol. The standard InChI is InChI=1S/C24H15BrClN2O/c25-22-15(12-11-14-5-1-2-6-16(14)22)13-28-20-10-4-8-18(24(27)29)21(20)17-7-3-9-19(26)23(17)28/h1-6,8-12H,13H2,(H2,27,29). The van der Waals surface area contributed by atoms with Crippen molar-refractivity contribution in [3.8, 4) is 0 Å². The van der Waals surface area contributed by atoms with E-state index in [1.165, 1.54) is 5.39 Å². The summed E-state index contributed by atoms with van der Waals surface area (Å²) >= 11 is 10.4. The number of halogens is 2. The summed E-state index contributed by atoms with van der Waals surface area (Å²) in [7, 11) is 0. The third-order valence-electron chi connectivity index (χ3n) is 5.31. The van der Waals surface area contributed by atoms with E-state index >= 15 is 0 Å². The van der Waals surface area contributed by atoms with E-state index in [1.54, 1.807) is 12.1 Å². The molecule has 4 aromatic carbocycles. The summed E-state index contributed by atoms with van der Waals surface area (Å²) in [5.74, 6) is -0.463. The average Bonchev–Trinajstić information content (AvgIpc) is 3.05. The molecule has 3 nitrogen and oxygen atoms in total. The summed E-state index contributed by atoms with van der Waals surface area (Å²) in [6, 6.07) is 24.9. The molecule has 1 heterocycles. The van der Waals surface area contributed by atoms with E-state index in [9.17, 15) is 4.79 Å². The molecule has 5 aromatic rings. The predicted octanol–water partition coefficient (Wildman–Crippen LogP) is 6.31. The van der Waals surface area contributed by atoms with E-state index in [4.69, 9.17) is 17.3 Å². The van der Waals surface area contributed by atoms with Gasteiger partial charge in [-0.05, 0) is 56.5 Å². The molecule has 0 fully saturated rings. The number of nitrogens with zero attached hydrogens (tertiary/aromatic N) is 1. The number of fused-ring (bicyclic) bond motifs is 4. The number of primary amides is 1. The van der Waals surface area contributed by atoms with Crippen LogP contribution in [0.1, 0.15) is 15.9 Å². The van der Waals surface area contributed by atoms with Gasteiger partial charge < -0.3 is 10.3 Å². The Morgan fingerprint density at radius 3 is 2.72 bits per heavy atom. The van der Waals surface area contributed by atoms with Crippen LogP contribution < -0.4 is 5.73 Å². The van der Waals surface area contributed by atoms with Gasteiger partial charge >= 0.3 is 0 Å². The van der Waals surface area contributed by atoms with Crippen molar-refractivity contribution in [1.82, 2.24) is 4.57 Å². The molecule has 1 amide bonds. The molecule has 1 aromatic heterocycles. The maximum absolute atomic E-state index is 12.1. The zero-order chi connectivity index (χ0) is 20.1. The quantitative estimate of drug-likeness (QED) is 0.335. The van der Waals surface area contributed by atoms with Crippen LogP contribution in [-0.2, 0) is 6.54 Å². The molecule has 0 atom stereocenters. The van der Waals surface area contributed by atoms with Crippen LogP contribution in [-0.4, -0.2) is 10.5 Å². The van der Waals surface area contributed by atoms with Gasteiger partial charge in [-0.2, -0.15) is 0 Å². The molecule has 0 bridgehead atoms. The van der Waals surface area contributed by atoms with Gasteiger partial charge in [0.1, 0.15) is 0 Å². The van der Waals surface area contributed by atoms with E-state index in [2.05, 4.69) is 50.8 Å². The fourth-order valence-electron chi connectivity index (χ4n) is 4.01. The number of hydrogen-bond acceptors (Lipinski definition) is 1. The van der Waals surface area contributed by atoms with Gasteiger partial charge in [0.25, 0.3) is 0 Å². The van der Waals surface area contributed by atoms with Crippen LogP contribution in [0.15, 0.2) is 71.2 Å². The third kappa shape index (κ3) is 2.83. The van der Waals surface area contributed by atoms with Crippen LogP contribution in [0.3, 0.4) is 0 Å². The molecule has 5 rings (SSSR count). The molecule has 2 N–H and O–H groups in total. The SMILES string of the molecule is NC(=O)c1cccc2c1c1[c]ccc(Cl)c1n2Cc1ccc2ccccc2c1Br. The molecule has 0 spiro atoms. The lowest BCUT2D eigenvalue weighted by Gasteiger charge is -2.12. The van der Waals surface area contributed by atoms with Gasteiger partial charge in [0, 0.05) is 27.4 Å². The number of rotatable bonds is 3. The summed E-state index contributed by atoms with van der Waals surface area (Å²) in [4.78, 5) is 12.1. The Kier molecular flexibility index (Phi) is 4.34. The second-order valence-corrected chi connectivity index (χ2v) is 8.16. The van der Waals surface area contributed by atoms with E-state index in [-0.39, 0.29) is 0 Å². The molecule has 0 saturated carbocycles. The van der Waals surface area contributed by atoms with Gasteiger partial charge in [-0.15, -0.1) is 0 Å². The van der Waals surface area contributed by atoms with Crippen LogP contribution in [0.25, 0.3) is 32.6 Å². The fourth-order valence-corrected chi connectivity index (χ4v) is 4.89. The van der Waals surface area contributed by atoms with E-state index in [0.717, 1.165) is 37.2 Å². The summed E-state index contributed by atoms with van der Waals surface area (Å²) in [5.41, 5.74) is 9.00. The van der Waals surface area contributed by atoms with E-state index in [1.807, 2.05) is 30.3 Å². The second-order valence-electron chi connectivity index (χ2n) is 6.96. The van der Waals surface area contributed by atoms with Crippen LogP contribution in [0.4, 0.5) is 0 Å². The first-order valence-electron chi connectivity index (χ1n) is 9.13. The van der Waals surface area contributed by atoms with Gasteiger partial charge in [0.05, 0.1) is 16.1 Å². The van der Waals surface area contributed by atoms with E-state index < -0.39 is 5.91 Å². The van der Waals surface area contributed by atoms with Gasteiger partial charge in [-0.3, -0.25) is 4.79 Å². The lowest BCUT2D eigenvalue weighted by atomic mass is 10.1. The molecule has 1 radical (unpaired) electrons. The highest BCUT2D eigenvalue weighted by Crippen LogP contribution is 2.37. The molecule has 29 heavy (non-hydrogen) atoms. The molecule has 0 unspecified atom stereocenters. The van der Waals surface area contributed by atoms with Crippen molar-refractivity contribution >= 4 is 66.0 Å². The number of benzene rings is 4. The Balaban J connectivity index is 1.82. The first-order chi connectivity index (χ1) is 14.1. The van der Waals surface area contributed by atoms with Crippen LogP contribution in [0.5, 0.6) is 0 Å². The highest BCUT2D eigenvalue weighted by Gasteiger charge is 2.19. The van der Waals surface area contributed by atoms with Crippen LogP contribution in [0.2, 0.25) is 5.02 Å². The highest BCUT2D eigenvalue weighted by atomic mass is 79.9. The van der Waals surface area contributed by atoms with Crippen LogP contribution >= 0.6 is 27.5 Å². The number of amides is 1. The fraction of sp³-hybridized carbons (Fsp3) is 0.0417. The first kappa shape index (κ1) is 18.2. The molecular formula is C24H15BrClN2O. The maximum Gasteiger partial charge on any atom is 0.249 e. The summed E-state index contributed by atoms with van der Waals surface area (Å²) in [6.07, 6.45) is 0. The van der Waals surface area contributed by atoms with Crippen molar-refractivity contribution in [3.05, 3.63) is 93.4 Å². The maximum atomic E-state index is 12.1. The van der Waals surface area contributed by atoms with Gasteiger partial charge in [0.2, 0.25) is 5.91 Å². The number of nitrogens with two attached hydrogens (primary N) is 1. The Labute approximate surface area is 180 Å². The van der Waals surface area contributed by atoms with Gasteiger partial charge in [-0.25, -0.2) is 0 Å². The molecular weight excluding hydrogens is 448 g/mol. The third-order valence-corrected chi connectivity index (χ3v) is 6.55. The van der Waals surface area contributed by atoms with Crippen molar-refractivity contribution in [2.75, 3.05) is 0 Å². The zero-order valence-corrected chi connectivity index (χ0v) is 17.6. The van der Waals surface area contributed by atoms with Crippen molar-refractivity contribution < 1.29 is 4.79 Å². The molecule has 5 heteroatoms. The predicted molar refractivity (Wildman–Crippen MR) is 123 cm³/mol. The lowest BCUT2D eigenvalue weighted by Crippen LogP contribution is -2.11. The normalized spacial score (nSPS) is 11.5. The van der Waals surface area contributed by atoms with Gasteiger partial charge in [-0.1, -0.05) is 60.1 Å². The van der Waals surface area contributed by atoms with Gasteiger partial charge in [0.15, 0.2) is 0 Å². The summed E-state index contributed by atoms with van der Waals surface area (Å²) in [6.45, 7) is 0.588. The largest absolute Gasteiger partial charge is 0.366 e. The molecule has 0 aliphatic heterocycles. The minimum Gasteiger partial charge on any atom is -0.366 e. The molecule has 0 aliphatic carbocycles. The zero-order valence-electron chi connectivity index (χ0n) is 15.2. The minimum absolute atomic E-state index is 0.463. The van der Waals surface area contributed by atoms with Crippen molar-refractivity contribution in [2.45, 2.75) is 6.54 Å². The summed E-state index contributed by atoms with van der Waals surface area (Å²) < 4.78 is 3.18. The Morgan fingerprint density at radius 1 is 1.07 bits per heavy atom. The smallest absolute Gasteiger partial charge is 0.249 e. The Bertz CT molecular complexity index is 1440. The topological polar surface area (TPSA) is 48.0 Å². The Hall–Kier alpha value is -2.82. The van der Waals surface area contributed by atoms with Crippen molar-refractivity contribution in [1.29, 1.82) is 0 Å². The highest BCUT2D eigenvalue weighted by molar-refractivity contribution is 9.10. The Morgan fingerprint density at radius 2 is 1.90 bits per heavy atom. The monoisotopic (exact) mass is 461 g/mol. The first-order valence-corrected chi connectivity index (χ1v) is 10.3. The lowest BCUT2D eigenvalue weighted by molar-refractivity contribution is 0.100. The van der Waals surface area contributed by atoms with Crippen molar-refractivity contribution in [2.24, 2.45) is 5.73 Å². The second kappa shape index (κ2) is 6.90. The summed E-state index contributed by atoms with van der Waals surface area (Å²) in [5, 5.41) is 4.53. The number of hydrogen-bond donors (Lipinski definition) is 1. The minimum atomic E-state index is -0.463. The molecule has 0 aliphatic rings. The number of carbonyl (C=O) groups excluding carboxylic acids is 1. The number of carbonyl (C=O) groups is 1. The molecule has 141 valence electrons.